The molecule has 0 spiro atoms. The maximum absolute atomic E-state index is 11.3. The summed E-state index contributed by atoms with van der Waals surface area (Å²) in [5, 5.41) is 0. The maximum atomic E-state index is 11.3. The second kappa shape index (κ2) is 7.40. The third kappa shape index (κ3) is 5.75. The Labute approximate surface area is 105 Å². The van der Waals surface area contributed by atoms with Gasteiger partial charge in [0.1, 0.15) is 0 Å². The van der Waals surface area contributed by atoms with Crippen LogP contribution in [0.4, 0.5) is 0 Å². The van der Waals surface area contributed by atoms with E-state index in [2.05, 4.69) is 27.5 Å². The number of carbonyl (C=O) groups is 1. The first-order valence-electron chi connectivity index (χ1n) is 4.97. The molecule has 84 valence electrons. The number of halogens is 1. The Kier molecular flexibility index (Phi) is 8.73. The normalized spacial score (nSPS) is 10.6. The van der Waals surface area contributed by atoms with Gasteiger partial charge < -0.3 is 28.5 Å². The van der Waals surface area contributed by atoms with E-state index in [1.165, 1.54) is 0 Å². The van der Waals surface area contributed by atoms with Crippen molar-refractivity contribution in [3.63, 3.8) is 0 Å². The summed E-state index contributed by atoms with van der Waals surface area (Å²) in [4.78, 5) is 11.3. The molecule has 0 aliphatic rings. The zero-order valence-corrected chi connectivity index (χ0v) is 11.9. The van der Waals surface area contributed by atoms with Gasteiger partial charge in [0.05, 0.1) is 33.1 Å². The summed E-state index contributed by atoms with van der Waals surface area (Å²) in [7, 11) is 2.19. The van der Waals surface area contributed by atoms with Crippen LogP contribution in [0.25, 0.3) is 0 Å². The Morgan fingerprint density at radius 2 is 1.71 bits per heavy atom. The van der Waals surface area contributed by atoms with Crippen molar-refractivity contribution in [3.8, 4) is 0 Å². The van der Waals surface area contributed by atoms with E-state index in [9.17, 15) is 4.79 Å². The Balaban J connectivity index is 0. The van der Waals surface area contributed by atoms with E-state index in [0.29, 0.717) is 12.0 Å². The fourth-order valence-electron chi connectivity index (χ4n) is 1.12. The van der Waals surface area contributed by atoms with E-state index in [4.69, 9.17) is 0 Å². The van der Waals surface area contributed by atoms with Gasteiger partial charge in [0.15, 0.2) is 5.78 Å². The van der Waals surface area contributed by atoms with Crippen molar-refractivity contribution in [2.75, 3.05) is 26.7 Å². The third-order valence-corrected chi connectivity index (χ3v) is 2.88. The van der Waals surface area contributed by atoms with Crippen molar-refractivity contribution < 1.29 is 33.3 Å². The lowest BCUT2D eigenvalue weighted by Gasteiger charge is -2.31. The largest absolute Gasteiger partial charge is 1.00 e. The lowest BCUT2D eigenvalue weighted by Crippen LogP contribution is -3.00. The lowest BCUT2D eigenvalue weighted by molar-refractivity contribution is -0.905. The number of rotatable bonds is 6. The zero-order chi connectivity index (χ0) is 10.5. The molecule has 14 heavy (non-hydrogen) atoms. The van der Waals surface area contributed by atoms with Crippen LogP contribution in [-0.4, -0.2) is 36.9 Å². The number of Topliss-reactive ketones (excluding diaryl/α,β-unsaturated/α-hetero) is 1. The molecule has 3 heteroatoms. The zero-order valence-electron chi connectivity index (χ0n) is 9.77. The fourth-order valence-corrected chi connectivity index (χ4v) is 1.12. The number of carbonyl (C=O) groups excluding carboxylic acids is 1. The van der Waals surface area contributed by atoms with Gasteiger partial charge in [-0.2, -0.15) is 0 Å². The van der Waals surface area contributed by atoms with Crippen LogP contribution in [-0.2, 0) is 4.79 Å². The monoisotopic (exact) mass is 311 g/mol. The molecule has 2 nitrogen and oxygen atoms in total. The van der Waals surface area contributed by atoms with Crippen LogP contribution < -0.4 is 24.0 Å². The number of quaternary nitrogens is 1. The summed E-state index contributed by atoms with van der Waals surface area (Å²) in [6.07, 6.45) is 0.632. The van der Waals surface area contributed by atoms with Crippen molar-refractivity contribution in [1.82, 2.24) is 0 Å². The molecule has 0 aromatic carbocycles. The molecule has 0 rings (SSSR count). The molecule has 0 amide bonds. The van der Waals surface area contributed by atoms with Crippen LogP contribution in [0.3, 0.4) is 0 Å². The van der Waals surface area contributed by atoms with Crippen molar-refractivity contribution in [2.45, 2.75) is 27.2 Å². The summed E-state index contributed by atoms with van der Waals surface area (Å²) in [6.45, 7) is 12.9. The Bertz CT molecular complexity index is 197. The Morgan fingerprint density at radius 3 is 2.00 bits per heavy atom. The topological polar surface area (TPSA) is 17.1 Å². The Hall–Kier alpha value is 0.1000. The smallest absolute Gasteiger partial charge is 0.163 e. The summed E-state index contributed by atoms with van der Waals surface area (Å²) in [5.74, 6) is 0.200. The number of allylic oxidation sites excluding steroid dienone is 1. The Morgan fingerprint density at radius 1 is 1.29 bits per heavy atom. The first kappa shape index (κ1) is 16.5. The third-order valence-electron chi connectivity index (χ3n) is 2.88. The number of hydrogen-bond acceptors (Lipinski definition) is 1. The van der Waals surface area contributed by atoms with Gasteiger partial charge in [0.2, 0.25) is 0 Å². The van der Waals surface area contributed by atoms with E-state index in [1.807, 2.05) is 0 Å². The first-order chi connectivity index (χ1) is 5.95. The molecule has 0 aromatic heterocycles. The van der Waals surface area contributed by atoms with E-state index < -0.39 is 0 Å². The lowest BCUT2D eigenvalue weighted by atomic mass is 10.1. The molecule has 0 unspecified atom stereocenters. The highest BCUT2D eigenvalue weighted by Gasteiger charge is 2.17. The molecule has 0 fully saturated rings. The first-order valence-corrected chi connectivity index (χ1v) is 4.97. The van der Waals surface area contributed by atoms with Gasteiger partial charge in [0, 0.05) is 0 Å². The number of ketones is 1. The van der Waals surface area contributed by atoms with E-state index in [-0.39, 0.29) is 29.8 Å². The van der Waals surface area contributed by atoms with Crippen LogP contribution in [0.5, 0.6) is 0 Å². The molecule has 0 aliphatic carbocycles. The van der Waals surface area contributed by atoms with Crippen LogP contribution in [0.15, 0.2) is 12.2 Å². The number of nitrogens with zero attached hydrogens (tertiary/aromatic N) is 1. The highest BCUT2D eigenvalue weighted by Crippen LogP contribution is 2.05. The summed E-state index contributed by atoms with van der Waals surface area (Å²) in [5.41, 5.74) is 0.679. The molecule has 0 saturated heterocycles. The minimum Gasteiger partial charge on any atom is -1.00 e. The van der Waals surface area contributed by atoms with Crippen molar-refractivity contribution in [1.29, 1.82) is 0 Å². The van der Waals surface area contributed by atoms with Crippen molar-refractivity contribution in [2.24, 2.45) is 0 Å². The molecule has 0 saturated carbocycles. The van der Waals surface area contributed by atoms with Crippen LogP contribution >= 0.6 is 0 Å². The van der Waals surface area contributed by atoms with Crippen LogP contribution in [0.2, 0.25) is 0 Å². The SMILES string of the molecule is C=C(C)C(=O)CC[N+](C)(CC)CC.[I-]. The van der Waals surface area contributed by atoms with Gasteiger partial charge in [-0.05, 0) is 26.3 Å². The van der Waals surface area contributed by atoms with Crippen molar-refractivity contribution >= 4 is 5.78 Å². The number of hydrogen-bond donors (Lipinski definition) is 0. The van der Waals surface area contributed by atoms with Gasteiger partial charge in [-0.15, -0.1) is 0 Å². The summed E-state index contributed by atoms with van der Waals surface area (Å²) >= 11 is 0. The predicted molar refractivity (Wildman–Crippen MR) is 56.6 cm³/mol. The summed E-state index contributed by atoms with van der Waals surface area (Å²) < 4.78 is 0.971. The van der Waals surface area contributed by atoms with E-state index in [0.717, 1.165) is 24.1 Å². The van der Waals surface area contributed by atoms with Gasteiger partial charge in [-0.1, -0.05) is 6.58 Å². The quantitative estimate of drug-likeness (QED) is 0.350. The molecular weight excluding hydrogens is 289 g/mol. The molecule has 0 aromatic rings. The fraction of sp³-hybridized carbons (Fsp3) is 0.727. The van der Waals surface area contributed by atoms with E-state index >= 15 is 0 Å². The average Bonchev–Trinajstić information content (AvgIpc) is 2.13. The molecule has 0 atom stereocenters. The highest BCUT2D eigenvalue weighted by molar-refractivity contribution is 5.94. The second-order valence-corrected chi connectivity index (χ2v) is 3.93. The van der Waals surface area contributed by atoms with Crippen LogP contribution in [0, 0.1) is 0 Å². The standard InChI is InChI=1S/C11H22NO.HI/c1-6-12(5,7-2)9-8-11(13)10(3)4;/h3,6-9H2,1-2,4-5H3;1H/q+1;/p-1. The molecule has 0 N–H and O–H groups in total. The maximum Gasteiger partial charge on any atom is 0.163 e. The predicted octanol–water partition coefficient (Wildman–Crippen LogP) is -0.988. The minimum absolute atomic E-state index is 0. The molecule has 0 bridgehead atoms. The average molecular weight is 311 g/mol. The highest BCUT2D eigenvalue weighted by atomic mass is 127. The second-order valence-electron chi connectivity index (χ2n) is 3.93. The molecule has 0 aliphatic heterocycles. The van der Waals surface area contributed by atoms with Gasteiger partial charge in [0.25, 0.3) is 0 Å². The molecular formula is C11H22INO. The summed E-state index contributed by atoms with van der Waals surface area (Å²) in [6, 6.07) is 0. The molecule has 0 radical (unpaired) electrons. The van der Waals surface area contributed by atoms with Crippen LogP contribution in [0.1, 0.15) is 27.2 Å². The minimum atomic E-state index is 0. The van der Waals surface area contributed by atoms with E-state index in [1.54, 1.807) is 6.92 Å². The molecule has 0 heterocycles. The van der Waals surface area contributed by atoms with Crippen molar-refractivity contribution in [3.05, 3.63) is 12.2 Å². The van der Waals surface area contributed by atoms with Gasteiger partial charge in [-0.25, -0.2) is 0 Å². The van der Waals surface area contributed by atoms with Gasteiger partial charge >= 0.3 is 0 Å². The van der Waals surface area contributed by atoms with Gasteiger partial charge in [-0.3, -0.25) is 4.79 Å².